The molecular formula is C30H34N4O7S. The van der Waals surface area contributed by atoms with E-state index in [0.717, 1.165) is 0 Å². The number of para-hydroxylation sites is 1. The molecule has 0 radical (unpaired) electrons. The number of morpholine rings is 1. The van der Waals surface area contributed by atoms with Crippen molar-refractivity contribution in [2.24, 2.45) is 0 Å². The highest BCUT2D eigenvalue weighted by atomic mass is 32.2. The van der Waals surface area contributed by atoms with Gasteiger partial charge in [0, 0.05) is 37.3 Å². The second-order valence-electron chi connectivity index (χ2n) is 10.6. The fourth-order valence-corrected chi connectivity index (χ4v) is 7.36. The Morgan fingerprint density at radius 2 is 1.81 bits per heavy atom. The van der Waals surface area contributed by atoms with Gasteiger partial charge in [0.25, 0.3) is 17.6 Å². The van der Waals surface area contributed by atoms with Crippen molar-refractivity contribution >= 4 is 39.1 Å². The predicted octanol–water partition coefficient (Wildman–Crippen LogP) is 1.77. The minimum absolute atomic E-state index is 0.00227. The van der Waals surface area contributed by atoms with Crippen LogP contribution in [-0.2, 0) is 34.7 Å². The van der Waals surface area contributed by atoms with Gasteiger partial charge in [-0.1, -0.05) is 36.4 Å². The molecule has 0 unspecified atom stereocenters. The van der Waals surface area contributed by atoms with Crippen LogP contribution in [0.5, 0.6) is 0 Å². The molecule has 12 heteroatoms. The number of Topliss-reactive ketones (excluding diaryl/α,β-unsaturated/α-hetero) is 1. The smallest absolute Gasteiger partial charge is 0.296 e. The van der Waals surface area contributed by atoms with Crippen molar-refractivity contribution in [3.05, 3.63) is 77.9 Å². The zero-order chi connectivity index (χ0) is 30.2. The summed E-state index contributed by atoms with van der Waals surface area (Å²) in [6, 6.07) is 12.4. The second-order valence-corrected chi connectivity index (χ2v) is 12.6. The van der Waals surface area contributed by atoms with Crippen LogP contribution in [0.4, 0.5) is 5.69 Å². The maximum Gasteiger partial charge on any atom is 0.296 e. The van der Waals surface area contributed by atoms with E-state index in [-0.39, 0.29) is 55.4 Å². The van der Waals surface area contributed by atoms with Gasteiger partial charge in [0.2, 0.25) is 10.0 Å². The van der Waals surface area contributed by atoms with E-state index in [0.29, 0.717) is 24.2 Å². The number of carbonyl (C=O) groups excluding carboxylic acids is 3. The lowest BCUT2D eigenvalue weighted by atomic mass is 9.82. The molecule has 3 aliphatic heterocycles. The SMILES string of the molecule is C=CCN1C(=O)[C@]2(C(=C(O)c3cccc(S(=O)(=O)N4CCOCC4)c3)C(=O)C(=O)N2CCCN(C)C)c2ccccc21. The van der Waals surface area contributed by atoms with E-state index >= 15 is 0 Å². The lowest BCUT2D eigenvalue weighted by Crippen LogP contribution is -2.52. The Kier molecular flexibility index (Phi) is 8.08. The highest BCUT2D eigenvalue weighted by molar-refractivity contribution is 7.89. The number of aliphatic hydroxyl groups excluding tert-OH is 1. The molecule has 2 amide bonds. The number of nitrogens with zero attached hydrogens (tertiary/aromatic N) is 4. The number of carbonyl (C=O) groups is 3. The van der Waals surface area contributed by atoms with Gasteiger partial charge < -0.3 is 24.5 Å². The third kappa shape index (κ3) is 4.64. The van der Waals surface area contributed by atoms with Gasteiger partial charge in [0.1, 0.15) is 5.76 Å². The molecule has 1 atom stereocenters. The first-order valence-corrected chi connectivity index (χ1v) is 15.2. The first kappa shape index (κ1) is 29.6. The lowest BCUT2D eigenvalue weighted by molar-refractivity contribution is -0.143. The first-order valence-electron chi connectivity index (χ1n) is 13.7. The van der Waals surface area contributed by atoms with Crippen LogP contribution < -0.4 is 4.90 Å². The molecule has 0 bridgehead atoms. The number of fused-ring (bicyclic) bond motifs is 2. The number of hydrogen-bond donors (Lipinski definition) is 1. The summed E-state index contributed by atoms with van der Waals surface area (Å²) in [7, 11) is -0.176. The quantitative estimate of drug-likeness (QED) is 0.201. The average Bonchev–Trinajstić information content (AvgIpc) is 3.36. The summed E-state index contributed by atoms with van der Waals surface area (Å²) < 4.78 is 33.3. The molecule has 2 saturated heterocycles. The number of anilines is 1. The molecule has 2 fully saturated rings. The molecule has 0 aromatic heterocycles. The van der Waals surface area contributed by atoms with E-state index in [9.17, 15) is 27.9 Å². The number of benzene rings is 2. The minimum Gasteiger partial charge on any atom is -0.507 e. The van der Waals surface area contributed by atoms with E-state index in [1.54, 1.807) is 30.3 Å². The second kappa shape index (κ2) is 11.4. The molecule has 0 saturated carbocycles. The van der Waals surface area contributed by atoms with Crippen LogP contribution in [-0.4, -0.2) is 105 Å². The largest absolute Gasteiger partial charge is 0.507 e. The summed E-state index contributed by atoms with van der Waals surface area (Å²) in [5.74, 6) is -3.10. The molecular weight excluding hydrogens is 560 g/mol. The number of aliphatic hydroxyl groups is 1. The molecule has 222 valence electrons. The van der Waals surface area contributed by atoms with Crippen molar-refractivity contribution in [1.29, 1.82) is 0 Å². The molecule has 3 heterocycles. The Labute approximate surface area is 245 Å². The van der Waals surface area contributed by atoms with Crippen LogP contribution in [0.3, 0.4) is 0 Å². The number of rotatable bonds is 9. The van der Waals surface area contributed by atoms with Crippen molar-refractivity contribution in [2.75, 3.05) is 64.9 Å². The zero-order valence-corrected chi connectivity index (χ0v) is 24.5. The third-order valence-corrected chi connectivity index (χ3v) is 9.72. The van der Waals surface area contributed by atoms with E-state index in [4.69, 9.17) is 4.74 Å². The molecule has 2 aromatic rings. The Morgan fingerprint density at radius 1 is 1.10 bits per heavy atom. The number of sulfonamides is 1. The van der Waals surface area contributed by atoms with Crippen LogP contribution in [0, 0.1) is 0 Å². The van der Waals surface area contributed by atoms with E-state index in [1.807, 2.05) is 19.0 Å². The van der Waals surface area contributed by atoms with Crippen molar-refractivity contribution in [3.8, 4) is 0 Å². The molecule has 2 aromatic carbocycles. The standard InChI is InChI=1S/C30H34N4O7S/c1-4-13-33-24-12-6-5-11-23(24)30(29(33)38)25(27(36)28(37)34(30)15-8-14-31(2)3)26(35)21-9-7-10-22(20-21)42(39,40)32-16-18-41-19-17-32/h4-7,9-12,20,35H,1,8,13-19H2,2-3H3/t30-/m1/s1. The molecule has 42 heavy (non-hydrogen) atoms. The summed E-state index contributed by atoms with van der Waals surface area (Å²) in [4.78, 5) is 46.4. The van der Waals surface area contributed by atoms with Gasteiger partial charge in [0.05, 0.1) is 29.4 Å². The fraction of sp³-hybridized carbons (Fsp3) is 0.367. The van der Waals surface area contributed by atoms with Crippen LogP contribution in [0.2, 0.25) is 0 Å². The monoisotopic (exact) mass is 594 g/mol. The number of ketones is 1. The van der Waals surface area contributed by atoms with E-state index in [1.165, 1.54) is 38.4 Å². The van der Waals surface area contributed by atoms with Gasteiger partial charge in [-0.15, -0.1) is 6.58 Å². The fourth-order valence-electron chi connectivity index (χ4n) is 5.91. The number of likely N-dealkylation sites (tertiary alicyclic amines) is 1. The summed E-state index contributed by atoms with van der Waals surface area (Å²) >= 11 is 0. The van der Waals surface area contributed by atoms with Gasteiger partial charge in [-0.2, -0.15) is 4.31 Å². The summed E-state index contributed by atoms with van der Waals surface area (Å²) in [6.07, 6.45) is 2.01. The van der Waals surface area contributed by atoms with Crippen molar-refractivity contribution < 1.29 is 32.6 Å². The molecule has 5 rings (SSSR count). The van der Waals surface area contributed by atoms with Crippen molar-refractivity contribution in [3.63, 3.8) is 0 Å². The molecule has 1 N–H and O–H groups in total. The Balaban J connectivity index is 1.71. The third-order valence-electron chi connectivity index (χ3n) is 7.82. The van der Waals surface area contributed by atoms with Gasteiger partial charge in [0.15, 0.2) is 5.54 Å². The first-order chi connectivity index (χ1) is 20.1. The normalized spacial score (nSPS) is 22.4. The van der Waals surface area contributed by atoms with E-state index < -0.39 is 38.9 Å². The lowest BCUT2D eigenvalue weighted by Gasteiger charge is -2.34. The van der Waals surface area contributed by atoms with Gasteiger partial charge >= 0.3 is 0 Å². The highest BCUT2D eigenvalue weighted by Crippen LogP contribution is 2.53. The summed E-state index contributed by atoms with van der Waals surface area (Å²) in [6.45, 7) is 5.44. The van der Waals surface area contributed by atoms with Gasteiger partial charge in [-0.3, -0.25) is 14.4 Å². The maximum atomic E-state index is 14.4. The van der Waals surface area contributed by atoms with Crippen LogP contribution >= 0.6 is 0 Å². The van der Waals surface area contributed by atoms with Crippen LogP contribution in [0.25, 0.3) is 5.76 Å². The van der Waals surface area contributed by atoms with Crippen LogP contribution in [0.1, 0.15) is 17.5 Å². The Hall–Kier alpha value is -3.84. The van der Waals surface area contributed by atoms with Gasteiger partial charge in [-0.05, 0) is 45.3 Å². The Morgan fingerprint density at radius 3 is 2.50 bits per heavy atom. The van der Waals surface area contributed by atoms with Crippen LogP contribution in [0.15, 0.2) is 71.7 Å². The van der Waals surface area contributed by atoms with E-state index in [2.05, 4.69) is 6.58 Å². The number of hydrogen-bond acceptors (Lipinski definition) is 8. The minimum atomic E-state index is -3.93. The molecule has 0 aliphatic carbocycles. The zero-order valence-electron chi connectivity index (χ0n) is 23.7. The number of ether oxygens (including phenoxy) is 1. The predicted molar refractivity (Wildman–Crippen MR) is 156 cm³/mol. The summed E-state index contributed by atoms with van der Waals surface area (Å²) in [5, 5.41) is 11.8. The van der Waals surface area contributed by atoms with Crippen molar-refractivity contribution in [1.82, 2.24) is 14.1 Å². The Bertz CT molecular complexity index is 1580. The van der Waals surface area contributed by atoms with Crippen molar-refractivity contribution in [2.45, 2.75) is 16.9 Å². The maximum absolute atomic E-state index is 14.4. The summed E-state index contributed by atoms with van der Waals surface area (Å²) in [5.41, 5.74) is -1.43. The highest BCUT2D eigenvalue weighted by Gasteiger charge is 2.66. The number of amides is 2. The molecule has 3 aliphatic rings. The van der Waals surface area contributed by atoms with Gasteiger partial charge in [-0.25, -0.2) is 8.42 Å². The molecule has 11 nitrogen and oxygen atoms in total. The average molecular weight is 595 g/mol. The topological polar surface area (TPSA) is 128 Å². The molecule has 1 spiro atoms.